The van der Waals surface area contributed by atoms with Gasteiger partial charge < -0.3 is 11.5 Å². The van der Waals surface area contributed by atoms with Gasteiger partial charge in [0.1, 0.15) is 0 Å². The van der Waals surface area contributed by atoms with E-state index in [4.69, 9.17) is 57.9 Å². The van der Waals surface area contributed by atoms with Gasteiger partial charge in [-0.3, -0.25) is 4.79 Å². The van der Waals surface area contributed by atoms with E-state index in [2.05, 4.69) is 0 Å². The molecule has 0 atom stereocenters. The third kappa shape index (κ3) is 1.73. The molecular formula is C7H4Cl4N2O. The van der Waals surface area contributed by atoms with Gasteiger partial charge in [0.15, 0.2) is 0 Å². The minimum Gasteiger partial charge on any atom is -0.396 e. The molecule has 1 aromatic carbocycles. The van der Waals surface area contributed by atoms with Crippen molar-refractivity contribution in [1.29, 1.82) is 0 Å². The van der Waals surface area contributed by atoms with Crippen LogP contribution in [-0.2, 0) is 0 Å². The van der Waals surface area contributed by atoms with Gasteiger partial charge in [0.2, 0.25) is 0 Å². The van der Waals surface area contributed by atoms with Crippen LogP contribution in [-0.4, -0.2) is 5.91 Å². The second-order valence-corrected chi connectivity index (χ2v) is 3.92. The molecule has 0 unspecified atom stereocenters. The lowest BCUT2D eigenvalue weighted by atomic mass is 10.2. The van der Waals surface area contributed by atoms with Crippen molar-refractivity contribution in [3.8, 4) is 0 Å². The van der Waals surface area contributed by atoms with Gasteiger partial charge in [0, 0.05) is 0 Å². The van der Waals surface area contributed by atoms with Crippen molar-refractivity contribution in [3.63, 3.8) is 0 Å². The molecule has 0 aliphatic carbocycles. The van der Waals surface area contributed by atoms with Gasteiger partial charge >= 0.3 is 0 Å². The first-order valence-electron chi connectivity index (χ1n) is 3.29. The number of nitrogens with two attached hydrogens (primary N) is 2. The van der Waals surface area contributed by atoms with Crippen molar-refractivity contribution in [2.45, 2.75) is 0 Å². The summed E-state index contributed by atoms with van der Waals surface area (Å²) < 4.78 is 0. The van der Waals surface area contributed by atoms with E-state index >= 15 is 0 Å². The lowest BCUT2D eigenvalue weighted by molar-refractivity contribution is 0.100. The van der Waals surface area contributed by atoms with Crippen molar-refractivity contribution in [1.82, 2.24) is 0 Å². The van der Waals surface area contributed by atoms with Crippen LogP contribution in [0.1, 0.15) is 10.4 Å². The van der Waals surface area contributed by atoms with E-state index in [-0.39, 0.29) is 31.3 Å². The Morgan fingerprint density at radius 3 is 1.57 bits per heavy atom. The second-order valence-electron chi connectivity index (χ2n) is 2.41. The van der Waals surface area contributed by atoms with Crippen LogP contribution in [0.5, 0.6) is 0 Å². The number of halogens is 4. The summed E-state index contributed by atoms with van der Waals surface area (Å²) in [4.78, 5) is 11.0. The number of carbonyl (C=O) groups is 1. The van der Waals surface area contributed by atoms with Crippen molar-refractivity contribution < 1.29 is 4.79 Å². The number of carbonyl (C=O) groups excluding carboxylic acids is 1. The number of primary amides is 1. The fourth-order valence-electron chi connectivity index (χ4n) is 0.865. The molecule has 0 bridgehead atoms. The zero-order valence-electron chi connectivity index (χ0n) is 6.57. The highest BCUT2D eigenvalue weighted by molar-refractivity contribution is 6.52. The molecule has 4 N–H and O–H groups in total. The van der Waals surface area contributed by atoms with Gasteiger partial charge in [0.25, 0.3) is 5.91 Å². The lowest BCUT2D eigenvalue weighted by Gasteiger charge is -2.10. The molecule has 1 amide bonds. The minimum atomic E-state index is -0.816. The molecule has 0 radical (unpaired) electrons. The Labute approximate surface area is 99.9 Å². The molecule has 1 aromatic rings. The van der Waals surface area contributed by atoms with Gasteiger partial charge in [-0.25, -0.2) is 0 Å². The molecule has 0 heterocycles. The molecule has 1 rings (SSSR count). The molecule has 7 heteroatoms. The fraction of sp³-hybridized carbons (Fsp3) is 0. The van der Waals surface area contributed by atoms with E-state index in [1.807, 2.05) is 0 Å². The molecule has 0 spiro atoms. The highest BCUT2D eigenvalue weighted by Crippen LogP contribution is 2.42. The van der Waals surface area contributed by atoms with Crippen molar-refractivity contribution in [2.24, 2.45) is 5.73 Å². The van der Waals surface area contributed by atoms with Crippen LogP contribution < -0.4 is 11.5 Å². The van der Waals surface area contributed by atoms with Gasteiger partial charge in [-0.05, 0) is 0 Å². The Balaban J connectivity index is 3.68. The molecule has 0 saturated carbocycles. The largest absolute Gasteiger partial charge is 0.396 e. The van der Waals surface area contributed by atoms with Crippen LogP contribution in [0.4, 0.5) is 5.69 Å². The normalized spacial score (nSPS) is 10.3. The summed E-state index contributed by atoms with van der Waals surface area (Å²) in [6, 6.07) is 0. The van der Waals surface area contributed by atoms with Gasteiger partial charge in [-0.2, -0.15) is 0 Å². The van der Waals surface area contributed by atoms with Crippen molar-refractivity contribution >= 4 is 58.0 Å². The number of nitrogen functional groups attached to an aromatic ring is 1. The molecule has 0 aliphatic rings. The van der Waals surface area contributed by atoms with Crippen LogP contribution in [0.25, 0.3) is 0 Å². The number of amides is 1. The second kappa shape index (κ2) is 4.03. The van der Waals surface area contributed by atoms with E-state index in [1.54, 1.807) is 0 Å². The smallest absolute Gasteiger partial charge is 0.251 e. The summed E-state index contributed by atoms with van der Waals surface area (Å²) in [5, 5.41) is -0.248. The summed E-state index contributed by atoms with van der Waals surface area (Å²) in [5.74, 6) is -0.816. The zero-order valence-corrected chi connectivity index (χ0v) is 9.60. The van der Waals surface area contributed by atoms with Crippen LogP contribution in [0.3, 0.4) is 0 Å². The quantitative estimate of drug-likeness (QED) is 0.610. The topological polar surface area (TPSA) is 69.1 Å². The van der Waals surface area contributed by atoms with Crippen LogP contribution >= 0.6 is 46.4 Å². The number of hydrogen-bond donors (Lipinski definition) is 2. The maximum absolute atomic E-state index is 11.0. The number of hydrogen-bond acceptors (Lipinski definition) is 2. The fourth-order valence-corrected chi connectivity index (χ4v) is 1.92. The SMILES string of the molecule is NC(=O)c1c(Cl)c(Cl)c(N)c(Cl)c1Cl. The standard InChI is InChI=1S/C7H4Cl4N2O/c8-2-1(7(13)14)3(9)5(11)6(12)4(2)10/h12H2,(H2,13,14). The Morgan fingerprint density at radius 2 is 1.29 bits per heavy atom. The Bertz CT molecular complexity index is 390. The van der Waals surface area contributed by atoms with E-state index in [0.717, 1.165) is 0 Å². The Morgan fingerprint density at radius 1 is 0.929 bits per heavy atom. The molecule has 76 valence electrons. The minimum absolute atomic E-state index is 0.0216. The molecule has 0 saturated heterocycles. The average molecular weight is 274 g/mol. The number of benzene rings is 1. The maximum atomic E-state index is 11.0. The summed E-state index contributed by atoms with van der Waals surface area (Å²) in [6.45, 7) is 0. The monoisotopic (exact) mass is 272 g/mol. The summed E-state index contributed by atoms with van der Waals surface area (Å²) in [7, 11) is 0. The number of anilines is 1. The van der Waals surface area contributed by atoms with Crippen molar-refractivity contribution in [3.05, 3.63) is 25.7 Å². The van der Waals surface area contributed by atoms with Gasteiger partial charge in [0.05, 0.1) is 31.3 Å². The predicted molar refractivity (Wildman–Crippen MR) is 59.4 cm³/mol. The van der Waals surface area contributed by atoms with E-state index in [1.165, 1.54) is 0 Å². The molecule has 0 aromatic heterocycles. The Hall–Kier alpha value is -0.350. The average Bonchev–Trinajstić information content (AvgIpc) is 2.11. The third-order valence-electron chi connectivity index (χ3n) is 1.54. The predicted octanol–water partition coefficient (Wildman–Crippen LogP) is 2.98. The highest BCUT2D eigenvalue weighted by Gasteiger charge is 2.21. The lowest BCUT2D eigenvalue weighted by Crippen LogP contribution is -2.13. The number of rotatable bonds is 1. The first-order chi connectivity index (χ1) is 6.37. The maximum Gasteiger partial charge on any atom is 0.251 e. The van der Waals surface area contributed by atoms with Crippen LogP contribution in [0.2, 0.25) is 20.1 Å². The highest BCUT2D eigenvalue weighted by atomic mass is 35.5. The molecular weight excluding hydrogens is 270 g/mol. The van der Waals surface area contributed by atoms with Crippen LogP contribution in [0, 0.1) is 0 Å². The zero-order chi connectivity index (χ0) is 11.0. The Kier molecular flexibility index (Phi) is 3.37. The van der Waals surface area contributed by atoms with E-state index in [0.29, 0.717) is 0 Å². The van der Waals surface area contributed by atoms with Gasteiger partial charge in [-0.1, -0.05) is 46.4 Å². The van der Waals surface area contributed by atoms with E-state index in [9.17, 15) is 4.79 Å². The van der Waals surface area contributed by atoms with Crippen LogP contribution in [0.15, 0.2) is 0 Å². The van der Waals surface area contributed by atoms with Crippen molar-refractivity contribution in [2.75, 3.05) is 5.73 Å². The summed E-state index contributed by atoms with van der Waals surface area (Å²) in [5.41, 5.74) is 10.4. The molecule has 0 aliphatic heterocycles. The summed E-state index contributed by atoms with van der Waals surface area (Å²) in [6.07, 6.45) is 0. The van der Waals surface area contributed by atoms with Gasteiger partial charge in [-0.15, -0.1) is 0 Å². The molecule has 3 nitrogen and oxygen atoms in total. The first kappa shape index (κ1) is 11.7. The molecule has 0 fully saturated rings. The summed E-state index contributed by atoms with van der Waals surface area (Å²) >= 11 is 22.8. The third-order valence-corrected chi connectivity index (χ3v) is 3.28. The first-order valence-corrected chi connectivity index (χ1v) is 4.80. The van der Waals surface area contributed by atoms with E-state index < -0.39 is 5.91 Å². The molecule has 14 heavy (non-hydrogen) atoms.